The minimum absolute atomic E-state index is 0.0746. The molecule has 100 valence electrons. The van der Waals surface area contributed by atoms with Gasteiger partial charge < -0.3 is 10.5 Å². The molecule has 0 atom stereocenters. The number of carbonyl (C=O) groups is 1. The predicted octanol–water partition coefficient (Wildman–Crippen LogP) is 0.623. The number of benzene rings is 1. The lowest BCUT2D eigenvalue weighted by atomic mass is 10.1. The van der Waals surface area contributed by atoms with Crippen molar-refractivity contribution in [3.05, 3.63) is 35.4 Å². The molecule has 0 radical (unpaired) electrons. The molecule has 0 aromatic heterocycles. The molecule has 0 aliphatic carbocycles. The number of carbonyl (C=O) groups excluding carboxylic acids is 1. The highest BCUT2D eigenvalue weighted by atomic mass is 32.2. The topological polar surface area (TPSA) is 86.5 Å². The van der Waals surface area contributed by atoms with Crippen molar-refractivity contribution in [2.45, 2.75) is 18.7 Å². The minimum Gasteiger partial charge on any atom is -0.469 e. The van der Waals surface area contributed by atoms with Crippen LogP contribution in [-0.4, -0.2) is 27.2 Å². The highest BCUT2D eigenvalue weighted by Gasteiger charge is 2.14. The van der Waals surface area contributed by atoms with Crippen molar-refractivity contribution in [3.63, 3.8) is 0 Å². The molecule has 1 aromatic carbocycles. The number of hydrogen-bond donors (Lipinski definition) is 1. The maximum Gasteiger partial charge on any atom is 0.306 e. The second kappa shape index (κ2) is 6.51. The first-order chi connectivity index (χ1) is 8.46. The standard InChI is InChI=1S/C12H17NO4S/c1-17-12(14)6-7-18(15,16)9-11-4-2-10(8-13)3-5-11/h2-5H,6-9,13H2,1H3. The number of methoxy groups -OCH3 is 1. The molecule has 0 bridgehead atoms. The Bertz CT molecular complexity index is 493. The Kier molecular flexibility index (Phi) is 5.30. The van der Waals surface area contributed by atoms with Crippen LogP contribution in [0, 0.1) is 0 Å². The summed E-state index contributed by atoms with van der Waals surface area (Å²) in [6.07, 6.45) is -0.111. The molecule has 2 N–H and O–H groups in total. The molecule has 0 heterocycles. The van der Waals surface area contributed by atoms with E-state index in [-0.39, 0.29) is 17.9 Å². The van der Waals surface area contributed by atoms with E-state index < -0.39 is 15.8 Å². The van der Waals surface area contributed by atoms with Crippen molar-refractivity contribution >= 4 is 15.8 Å². The second-order valence-corrected chi connectivity index (χ2v) is 6.12. The first kappa shape index (κ1) is 14.7. The molecule has 0 saturated carbocycles. The van der Waals surface area contributed by atoms with Gasteiger partial charge in [0.15, 0.2) is 9.84 Å². The van der Waals surface area contributed by atoms with E-state index >= 15 is 0 Å². The first-order valence-electron chi connectivity index (χ1n) is 5.52. The molecule has 0 aliphatic heterocycles. The van der Waals surface area contributed by atoms with Gasteiger partial charge in [-0.3, -0.25) is 4.79 Å². The van der Waals surface area contributed by atoms with Crippen molar-refractivity contribution in [1.82, 2.24) is 0 Å². The summed E-state index contributed by atoms with van der Waals surface area (Å²) in [6.45, 7) is 0.426. The maximum absolute atomic E-state index is 11.7. The summed E-state index contributed by atoms with van der Waals surface area (Å²) >= 11 is 0. The number of rotatable bonds is 6. The van der Waals surface area contributed by atoms with Crippen LogP contribution in [0.25, 0.3) is 0 Å². The second-order valence-electron chi connectivity index (χ2n) is 3.94. The molecule has 0 saturated heterocycles. The van der Waals surface area contributed by atoms with Gasteiger partial charge in [0.25, 0.3) is 0 Å². The van der Waals surface area contributed by atoms with Crippen molar-refractivity contribution < 1.29 is 17.9 Å². The lowest BCUT2D eigenvalue weighted by molar-refractivity contribution is -0.140. The van der Waals surface area contributed by atoms with E-state index in [1.165, 1.54) is 7.11 Å². The molecule has 0 unspecified atom stereocenters. The van der Waals surface area contributed by atoms with Crippen LogP contribution in [0.2, 0.25) is 0 Å². The van der Waals surface area contributed by atoms with Gasteiger partial charge in [0, 0.05) is 6.54 Å². The number of sulfone groups is 1. The van der Waals surface area contributed by atoms with Gasteiger partial charge in [-0.05, 0) is 11.1 Å². The molecule has 1 rings (SSSR count). The summed E-state index contributed by atoms with van der Waals surface area (Å²) in [5, 5.41) is 0. The van der Waals surface area contributed by atoms with Gasteiger partial charge in [-0.25, -0.2) is 8.42 Å². The van der Waals surface area contributed by atoms with E-state index in [0.29, 0.717) is 12.1 Å². The molecule has 0 fully saturated rings. The van der Waals surface area contributed by atoms with E-state index in [2.05, 4.69) is 4.74 Å². The highest BCUT2D eigenvalue weighted by molar-refractivity contribution is 7.90. The van der Waals surface area contributed by atoms with Gasteiger partial charge >= 0.3 is 5.97 Å². The lowest BCUT2D eigenvalue weighted by Gasteiger charge is -2.05. The van der Waals surface area contributed by atoms with Gasteiger partial charge in [0.1, 0.15) is 0 Å². The van der Waals surface area contributed by atoms with Gasteiger partial charge in [-0.15, -0.1) is 0 Å². The Labute approximate surface area is 107 Å². The van der Waals surface area contributed by atoms with Crippen molar-refractivity contribution in [2.75, 3.05) is 12.9 Å². The Hall–Kier alpha value is -1.40. The highest BCUT2D eigenvalue weighted by Crippen LogP contribution is 2.09. The fraction of sp³-hybridized carbons (Fsp3) is 0.417. The Balaban J connectivity index is 2.61. The Morgan fingerprint density at radius 2 is 1.78 bits per heavy atom. The van der Waals surface area contributed by atoms with E-state index in [9.17, 15) is 13.2 Å². The normalized spacial score (nSPS) is 11.2. The molecule has 0 amide bonds. The quantitative estimate of drug-likeness (QED) is 0.767. The molecular weight excluding hydrogens is 254 g/mol. The van der Waals surface area contributed by atoms with Crippen LogP contribution in [0.1, 0.15) is 17.5 Å². The van der Waals surface area contributed by atoms with Crippen LogP contribution in [-0.2, 0) is 31.7 Å². The molecule has 6 heteroatoms. The Morgan fingerprint density at radius 1 is 1.22 bits per heavy atom. The molecule has 0 aliphatic rings. The van der Waals surface area contributed by atoms with E-state index in [0.717, 1.165) is 5.56 Å². The van der Waals surface area contributed by atoms with E-state index in [4.69, 9.17) is 5.73 Å². The van der Waals surface area contributed by atoms with Crippen LogP contribution < -0.4 is 5.73 Å². The molecular formula is C12H17NO4S. The smallest absolute Gasteiger partial charge is 0.306 e. The summed E-state index contributed by atoms with van der Waals surface area (Å²) in [5.41, 5.74) is 7.10. The van der Waals surface area contributed by atoms with Crippen LogP contribution >= 0.6 is 0 Å². The fourth-order valence-electron chi connectivity index (χ4n) is 1.44. The lowest BCUT2D eigenvalue weighted by Crippen LogP contribution is -2.14. The number of hydrogen-bond acceptors (Lipinski definition) is 5. The zero-order valence-corrected chi connectivity index (χ0v) is 11.1. The van der Waals surface area contributed by atoms with E-state index in [1.807, 2.05) is 0 Å². The van der Waals surface area contributed by atoms with Gasteiger partial charge in [0.05, 0.1) is 25.0 Å². The zero-order valence-electron chi connectivity index (χ0n) is 10.3. The molecule has 1 aromatic rings. The third-order valence-electron chi connectivity index (χ3n) is 2.49. The summed E-state index contributed by atoms with van der Waals surface area (Å²) < 4.78 is 27.9. The van der Waals surface area contributed by atoms with Crippen molar-refractivity contribution in [3.8, 4) is 0 Å². The minimum atomic E-state index is -3.29. The average Bonchev–Trinajstić information content (AvgIpc) is 2.36. The third kappa shape index (κ3) is 4.85. The number of esters is 1. The summed E-state index contributed by atoms with van der Waals surface area (Å²) in [6, 6.07) is 7.06. The summed E-state index contributed by atoms with van der Waals surface area (Å²) in [7, 11) is -2.05. The zero-order chi connectivity index (χ0) is 13.6. The maximum atomic E-state index is 11.7. The fourth-order valence-corrected chi connectivity index (χ4v) is 2.76. The van der Waals surface area contributed by atoms with Crippen LogP contribution in [0.3, 0.4) is 0 Å². The summed E-state index contributed by atoms with van der Waals surface area (Å²) in [4.78, 5) is 10.9. The Morgan fingerprint density at radius 3 is 2.28 bits per heavy atom. The van der Waals surface area contributed by atoms with Gasteiger partial charge in [0.2, 0.25) is 0 Å². The number of ether oxygens (including phenoxy) is 1. The van der Waals surface area contributed by atoms with Crippen LogP contribution in [0.4, 0.5) is 0 Å². The molecule has 18 heavy (non-hydrogen) atoms. The summed E-state index contributed by atoms with van der Waals surface area (Å²) in [5.74, 6) is -0.787. The van der Waals surface area contributed by atoms with Gasteiger partial charge in [-0.2, -0.15) is 0 Å². The van der Waals surface area contributed by atoms with Crippen molar-refractivity contribution in [2.24, 2.45) is 5.73 Å². The third-order valence-corrected chi connectivity index (χ3v) is 4.09. The molecule has 5 nitrogen and oxygen atoms in total. The van der Waals surface area contributed by atoms with Crippen molar-refractivity contribution in [1.29, 1.82) is 0 Å². The average molecular weight is 271 g/mol. The van der Waals surface area contributed by atoms with Crippen LogP contribution in [0.5, 0.6) is 0 Å². The first-order valence-corrected chi connectivity index (χ1v) is 7.34. The van der Waals surface area contributed by atoms with Gasteiger partial charge in [-0.1, -0.05) is 24.3 Å². The number of nitrogens with two attached hydrogens (primary N) is 1. The monoisotopic (exact) mass is 271 g/mol. The SMILES string of the molecule is COC(=O)CCS(=O)(=O)Cc1ccc(CN)cc1. The van der Waals surface area contributed by atoms with E-state index in [1.54, 1.807) is 24.3 Å². The predicted molar refractivity (Wildman–Crippen MR) is 68.5 cm³/mol. The molecule has 0 spiro atoms. The van der Waals surface area contributed by atoms with Crippen LogP contribution in [0.15, 0.2) is 24.3 Å². The largest absolute Gasteiger partial charge is 0.469 e.